The van der Waals surface area contributed by atoms with Crippen LogP contribution in [0.3, 0.4) is 0 Å². The molecule has 1 fully saturated rings. The molecule has 0 amide bonds. The van der Waals surface area contributed by atoms with Crippen molar-refractivity contribution in [1.82, 2.24) is 4.98 Å². The lowest BCUT2D eigenvalue weighted by molar-refractivity contribution is -0.145. The van der Waals surface area contributed by atoms with Gasteiger partial charge in [-0.15, -0.1) is 0 Å². The zero-order valence-corrected chi connectivity index (χ0v) is 11.6. The number of carbonyl (C=O) groups is 1. The maximum absolute atomic E-state index is 11.6. The Morgan fingerprint density at radius 3 is 3.05 bits per heavy atom. The van der Waals surface area contributed by atoms with Crippen LogP contribution in [0.1, 0.15) is 25.0 Å². The average molecular weight is 286 g/mol. The molecule has 0 aliphatic heterocycles. The van der Waals surface area contributed by atoms with Crippen molar-refractivity contribution in [1.29, 1.82) is 0 Å². The maximum atomic E-state index is 11.6. The molecule has 5 nitrogen and oxygen atoms in total. The average Bonchev–Trinajstić information content (AvgIpc) is 3.18. The van der Waals surface area contributed by atoms with Gasteiger partial charge < -0.3 is 14.6 Å². The summed E-state index contributed by atoms with van der Waals surface area (Å²) >= 11 is 5.77. The zero-order valence-electron chi connectivity index (χ0n) is 10.8. The van der Waals surface area contributed by atoms with Crippen LogP contribution in [0.2, 0.25) is 5.15 Å². The summed E-state index contributed by atoms with van der Waals surface area (Å²) in [5.74, 6) is -0.166. The van der Waals surface area contributed by atoms with Crippen LogP contribution in [0.5, 0.6) is 5.75 Å². The Hall–Kier alpha value is -1.33. The fourth-order valence-corrected chi connectivity index (χ4v) is 2.28. The summed E-state index contributed by atoms with van der Waals surface area (Å²) in [6.45, 7) is 2.11. The minimum absolute atomic E-state index is 0.143. The van der Waals surface area contributed by atoms with Gasteiger partial charge in [-0.1, -0.05) is 11.6 Å². The summed E-state index contributed by atoms with van der Waals surface area (Å²) in [7, 11) is 1.50. The molecule has 3 unspecified atom stereocenters. The molecular formula is C13H16ClNO4. The molecule has 19 heavy (non-hydrogen) atoms. The molecule has 1 heterocycles. The van der Waals surface area contributed by atoms with E-state index in [1.54, 1.807) is 13.0 Å². The molecule has 1 aromatic heterocycles. The number of halogens is 1. The molecular weight excluding hydrogens is 270 g/mol. The minimum Gasteiger partial charge on any atom is -0.496 e. The van der Waals surface area contributed by atoms with E-state index in [9.17, 15) is 9.90 Å². The van der Waals surface area contributed by atoms with E-state index in [1.165, 1.54) is 13.3 Å². The number of aliphatic hydroxyl groups is 1. The van der Waals surface area contributed by atoms with Gasteiger partial charge in [0.25, 0.3) is 0 Å². The van der Waals surface area contributed by atoms with Crippen molar-refractivity contribution in [3.05, 3.63) is 23.0 Å². The first-order valence-electron chi connectivity index (χ1n) is 6.12. The van der Waals surface area contributed by atoms with Gasteiger partial charge in [-0.25, -0.2) is 4.98 Å². The molecule has 0 saturated heterocycles. The molecule has 0 aromatic carbocycles. The van der Waals surface area contributed by atoms with Gasteiger partial charge in [-0.2, -0.15) is 0 Å². The van der Waals surface area contributed by atoms with Gasteiger partial charge >= 0.3 is 5.97 Å². The Balaban J connectivity index is 2.09. The SMILES string of the molecule is CCOC(=O)C1CC1C(O)c1cnc(Cl)cc1OC. The van der Waals surface area contributed by atoms with E-state index in [-0.39, 0.29) is 17.8 Å². The van der Waals surface area contributed by atoms with Crippen molar-refractivity contribution in [2.45, 2.75) is 19.4 Å². The van der Waals surface area contributed by atoms with Crippen LogP contribution in [0.25, 0.3) is 0 Å². The molecule has 3 atom stereocenters. The van der Waals surface area contributed by atoms with E-state index in [1.807, 2.05) is 0 Å². The van der Waals surface area contributed by atoms with E-state index in [4.69, 9.17) is 21.1 Å². The minimum atomic E-state index is -0.797. The topological polar surface area (TPSA) is 68.7 Å². The number of esters is 1. The second-order valence-electron chi connectivity index (χ2n) is 4.45. The van der Waals surface area contributed by atoms with E-state index >= 15 is 0 Å². The largest absolute Gasteiger partial charge is 0.496 e. The molecule has 1 aliphatic rings. The molecule has 1 aromatic rings. The number of methoxy groups -OCH3 is 1. The van der Waals surface area contributed by atoms with Crippen molar-refractivity contribution in [3.8, 4) is 5.75 Å². The van der Waals surface area contributed by atoms with Crippen molar-refractivity contribution in [3.63, 3.8) is 0 Å². The number of pyridine rings is 1. The molecule has 0 spiro atoms. The van der Waals surface area contributed by atoms with Crippen LogP contribution < -0.4 is 4.74 Å². The third kappa shape index (κ3) is 2.98. The molecule has 1 N–H and O–H groups in total. The second kappa shape index (κ2) is 5.75. The van der Waals surface area contributed by atoms with E-state index in [2.05, 4.69) is 4.98 Å². The van der Waals surface area contributed by atoms with Crippen LogP contribution in [0.4, 0.5) is 0 Å². The number of aromatic nitrogens is 1. The van der Waals surface area contributed by atoms with Crippen molar-refractivity contribution in [2.75, 3.05) is 13.7 Å². The Morgan fingerprint density at radius 2 is 2.42 bits per heavy atom. The van der Waals surface area contributed by atoms with Gasteiger partial charge in [0.05, 0.1) is 25.7 Å². The number of nitrogens with zero attached hydrogens (tertiary/aromatic N) is 1. The van der Waals surface area contributed by atoms with Gasteiger partial charge in [0.1, 0.15) is 10.9 Å². The summed E-state index contributed by atoms with van der Waals surface area (Å²) < 4.78 is 10.1. The van der Waals surface area contributed by atoms with Gasteiger partial charge in [-0.3, -0.25) is 4.79 Å². The summed E-state index contributed by atoms with van der Waals surface area (Å²) in [6, 6.07) is 1.54. The Labute approximate surface area is 116 Å². The summed E-state index contributed by atoms with van der Waals surface area (Å²) in [4.78, 5) is 15.5. The molecule has 1 aliphatic carbocycles. The second-order valence-corrected chi connectivity index (χ2v) is 4.84. The highest BCUT2D eigenvalue weighted by atomic mass is 35.5. The lowest BCUT2D eigenvalue weighted by Crippen LogP contribution is -2.11. The molecule has 104 valence electrons. The molecule has 2 rings (SSSR count). The number of ether oxygens (including phenoxy) is 2. The zero-order chi connectivity index (χ0) is 14.0. The number of carbonyl (C=O) groups excluding carboxylic acids is 1. The highest BCUT2D eigenvalue weighted by Gasteiger charge is 2.49. The van der Waals surface area contributed by atoms with Gasteiger partial charge in [0.2, 0.25) is 0 Å². The molecule has 0 bridgehead atoms. The maximum Gasteiger partial charge on any atom is 0.309 e. The number of hydrogen-bond acceptors (Lipinski definition) is 5. The Kier molecular flexibility index (Phi) is 4.27. The summed E-state index contributed by atoms with van der Waals surface area (Å²) in [5.41, 5.74) is 0.545. The highest BCUT2D eigenvalue weighted by Crippen LogP contribution is 2.49. The smallest absolute Gasteiger partial charge is 0.309 e. The fraction of sp³-hybridized carbons (Fsp3) is 0.538. The van der Waals surface area contributed by atoms with E-state index < -0.39 is 6.10 Å². The van der Waals surface area contributed by atoms with Crippen LogP contribution in [-0.4, -0.2) is 29.8 Å². The monoisotopic (exact) mass is 285 g/mol. The van der Waals surface area contributed by atoms with Crippen LogP contribution in [0, 0.1) is 11.8 Å². The predicted octanol–water partition coefficient (Wildman–Crippen LogP) is 1.98. The van der Waals surface area contributed by atoms with Crippen LogP contribution >= 0.6 is 11.6 Å². The first-order chi connectivity index (χ1) is 9.08. The number of aliphatic hydroxyl groups excluding tert-OH is 1. The molecule has 6 heteroatoms. The van der Waals surface area contributed by atoms with Crippen LogP contribution in [0.15, 0.2) is 12.3 Å². The van der Waals surface area contributed by atoms with Crippen molar-refractivity contribution < 1.29 is 19.4 Å². The lowest BCUT2D eigenvalue weighted by atomic mass is 10.1. The van der Waals surface area contributed by atoms with Crippen molar-refractivity contribution >= 4 is 17.6 Å². The number of hydrogen-bond donors (Lipinski definition) is 1. The van der Waals surface area contributed by atoms with E-state index in [0.717, 1.165) is 0 Å². The quantitative estimate of drug-likeness (QED) is 0.662. The standard InChI is InChI=1S/C13H16ClNO4/c1-3-19-13(17)8-4-7(8)12(16)9-6-15-11(14)5-10(9)18-2/h5-8,12,16H,3-4H2,1-2H3. The Morgan fingerprint density at radius 1 is 1.68 bits per heavy atom. The normalized spacial score (nSPS) is 22.7. The fourth-order valence-electron chi connectivity index (χ4n) is 2.14. The first-order valence-corrected chi connectivity index (χ1v) is 6.50. The van der Waals surface area contributed by atoms with E-state index in [0.29, 0.717) is 29.5 Å². The molecule has 1 saturated carbocycles. The third-order valence-corrected chi connectivity index (χ3v) is 3.44. The van der Waals surface area contributed by atoms with Crippen molar-refractivity contribution in [2.24, 2.45) is 11.8 Å². The van der Waals surface area contributed by atoms with Gasteiger partial charge in [0, 0.05) is 23.7 Å². The predicted molar refractivity (Wildman–Crippen MR) is 69.0 cm³/mol. The Bertz CT molecular complexity index is 480. The van der Waals surface area contributed by atoms with Crippen LogP contribution in [-0.2, 0) is 9.53 Å². The first kappa shape index (κ1) is 14.1. The summed E-state index contributed by atoms with van der Waals surface area (Å²) in [6.07, 6.45) is 1.30. The number of rotatable bonds is 5. The molecule has 0 radical (unpaired) electrons. The highest BCUT2D eigenvalue weighted by molar-refractivity contribution is 6.29. The summed E-state index contributed by atoms with van der Waals surface area (Å²) in [5, 5.41) is 10.6. The van der Waals surface area contributed by atoms with Gasteiger partial charge in [-0.05, 0) is 13.3 Å². The lowest BCUT2D eigenvalue weighted by Gasteiger charge is -2.14. The third-order valence-electron chi connectivity index (χ3n) is 3.23. The van der Waals surface area contributed by atoms with Gasteiger partial charge in [0.15, 0.2) is 0 Å².